The Labute approximate surface area is 72.2 Å². The second kappa shape index (κ2) is 4.07. The molecule has 2 N–H and O–H groups in total. The molecule has 0 fully saturated rings. The molecule has 0 aliphatic heterocycles. The smallest absolute Gasteiger partial charge is 0.237 e. The zero-order valence-corrected chi connectivity index (χ0v) is 7.59. The molecule has 0 heterocycles. The third kappa shape index (κ3) is 3.35. The van der Waals surface area contributed by atoms with Crippen LogP contribution in [0.2, 0.25) is 0 Å². The van der Waals surface area contributed by atoms with Gasteiger partial charge in [-0.25, -0.2) is 0 Å². The summed E-state index contributed by atoms with van der Waals surface area (Å²) in [6.45, 7) is 4.75. The minimum Gasteiger partial charge on any atom is -0.394 e. The third-order valence-corrected chi connectivity index (χ3v) is 1.44. The monoisotopic (exact) mass is 170 g/mol. The Morgan fingerprint density at radius 2 is 2.25 bits per heavy atom. The van der Waals surface area contributed by atoms with E-state index >= 15 is 0 Å². The number of nitrogens with one attached hydrogen (secondary N) is 1. The Hall–Kier alpha value is -1.08. The predicted octanol–water partition coefficient (Wildman–Crippen LogP) is 0.0332. The van der Waals surface area contributed by atoms with E-state index in [1.54, 1.807) is 13.8 Å². The lowest BCUT2D eigenvalue weighted by molar-refractivity contribution is -0.125. The SMILES string of the molecule is CC(C#N)C(=O)NC(C)(C)CO. The van der Waals surface area contributed by atoms with Crippen molar-refractivity contribution < 1.29 is 9.90 Å². The van der Waals surface area contributed by atoms with Crippen molar-refractivity contribution in [3.05, 3.63) is 0 Å². The summed E-state index contributed by atoms with van der Waals surface area (Å²) in [4.78, 5) is 11.1. The Balaban J connectivity index is 4.11. The molecule has 0 spiro atoms. The zero-order valence-electron chi connectivity index (χ0n) is 7.59. The van der Waals surface area contributed by atoms with Gasteiger partial charge >= 0.3 is 0 Å². The number of carbonyl (C=O) groups excluding carboxylic acids is 1. The Morgan fingerprint density at radius 1 is 1.75 bits per heavy atom. The maximum absolute atomic E-state index is 11.1. The number of aliphatic hydroxyl groups is 1. The maximum atomic E-state index is 11.1. The van der Waals surface area contributed by atoms with Gasteiger partial charge in [0, 0.05) is 0 Å². The highest BCUT2D eigenvalue weighted by atomic mass is 16.3. The molecule has 0 aliphatic carbocycles. The van der Waals surface area contributed by atoms with Gasteiger partial charge < -0.3 is 10.4 Å². The zero-order chi connectivity index (χ0) is 9.78. The first kappa shape index (κ1) is 10.9. The van der Waals surface area contributed by atoms with E-state index in [0.29, 0.717) is 0 Å². The van der Waals surface area contributed by atoms with E-state index in [9.17, 15) is 4.79 Å². The topological polar surface area (TPSA) is 73.1 Å². The summed E-state index contributed by atoms with van der Waals surface area (Å²) >= 11 is 0. The van der Waals surface area contributed by atoms with E-state index < -0.39 is 11.5 Å². The van der Waals surface area contributed by atoms with Crippen LogP contribution in [0.25, 0.3) is 0 Å². The fourth-order valence-electron chi connectivity index (χ4n) is 0.540. The summed E-state index contributed by atoms with van der Waals surface area (Å²) in [5, 5.41) is 19.7. The second-order valence-corrected chi connectivity index (χ2v) is 3.38. The van der Waals surface area contributed by atoms with Crippen molar-refractivity contribution in [2.75, 3.05) is 6.61 Å². The molecule has 0 saturated heterocycles. The largest absolute Gasteiger partial charge is 0.394 e. The minimum atomic E-state index is -0.671. The van der Waals surface area contributed by atoms with Gasteiger partial charge in [0.25, 0.3) is 0 Å². The Kier molecular flexibility index (Phi) is 3.71. The molecule has 1 unspecified atom stereocenters. The number of nitrogens with zero attached hydrogens (tertiary/aromatic N) is 1. The van der Waals surface area contributed by atoms with Crippen LogP contribution in [0.5, 0.6) is 0 Å². The van der Waals surface area contributed by atoms with Crippen molar-refractivity contribution in [2.45, 2.75) is 26.3 Å². The lowest BCUT2D eigenvalue weighted by Gasteiger charge is -2.23. The molecule has 0 aromatic heterocycles. The van der Waals surface area contributed by atoms with E-state index in [4.69, 9.17) is 10.4 Å². The van der Waals surface area contributed by atoms with Gasteiger partial charge in [-0.1, -0.05) is 0 Å². The van der Waals surface area contributed by atoms with Crippen molar-refractivity contribution in [3.8, 4) is 6.07 Å². The molecule has 0 saturated carbocycles. The van der Waals surface area contributed by atoms with Crippen LogP contribution in [-0.4, -0.2) is 23.2 Å². The van der Waals surface area contributed by atoms with E-state index in [1.165, 1.54) is 6.92 Å². The van der Waals surface area contributed by atoms with Crippen LogP contribution in [0.1, 0.15) is 20.8 Å². The lowest BCUT2D eigenvalue weighted by Crippen LogP contribution is -2.48. The molecule has 4 heteroatoms. The molecule has 0 bridgehead atoms. The van der Waals surface area contributed by atoms with Gasteiger partial charge in [0.05, 0.1) is 18.2 Å². The highest BCUT2D eigenvalue weighted by Gasteiger charge is 2.22. The average molecular weight is 170 g/mol. The molecule has 12 heavy (non-hydrogen) atoms. The summed E-state index contributed by atoms with van der Waals surface area (Å²) in [5.74, 6) is -1.02. The standard InChI is InChI=1S/C8H14N2O2/c1-6(4-9)7(12)10-8(2,3)5-11/h6,11H,5H2,1-3H3,(H,10,12). The highest BCUT2D eigenvalue weighted by molar-refractivity contribution is 5.81. The molecule has 1 atom stereocenters. The molecular weight excluding hydrogens is 156 g/mol. The summed E-state index contributed by atoms with van der Waals surface area (Å²) in [7, 11) is 0. The number of rotatable bonds is 3. The quantitative estimate of drug-likeness (QED) is 0.627. The van der Waals surface area contributed by atoms with Crippen LogP contribution in [-0.2, 0) is 4.79 Å². The van der Waals surface area contributed by atoms with Crippen molar-refractivity contribution in [1.82, 2.24) is 5.32 Å². The summed E-state index contributed by atoms with van der Waals surface area (Å²) < 4.78 is 0. The fraction of sp³-hybridized carbons (Fsp3) is 0.750. The minimum absolute atomic E-state index is 0.142. The van der Waals surface area contributed by atoms with Crippen LogP contribution >= 0.6 is 0 Å². The number of hydrogen-bond acceptors (Lipinski definition) is 3. The van der Waals surface area contributed by atoms with E-state index in [2.05, 4.69) is 5.32 Å². The third-order valence-electron chi connectivity index (χ3n) is 1.44. The van der Waals surface area contributed by atoms with Gasteiger partial charge in [-0.2, -0.15) is 5.26 Å². The second-order valence-electron chi connectivity index (χ2n) is 3.38. The van der Waals surface area contributed by atoms with Gasteiger partial charge in [-0.15, -0.1) is 0 Å². The number of nitriles is 1. The first-order chi connectivity index (χ1) is 5.43. The maximum Gasteiger partial charge on any atom is 0.237 e. The van der Waals surface area contributed by atoms with Crippen molar-refractivity contribution in [3.63, 3.8) is 0 Å². The van der Waals surface area contributed by atoms with Gasteiger partial charge in [0.2, 0.25) is 5.91 Å². The fourth-order valence-corrected chi connectivity index (χ4v) is 0.540. The van der Waals surface area contributed by atoms with Crippen molar-refractivity contribution in [2.24, 2.45) is 5.92 Å². The van der Waals surface area contributed by atoms with Crippen LogP contribution in [0, 0.1) is 17.2 Å². The molecule has 0 aromatic carbocycles. The van der Waals surface area contributed by atoms with Gasteiger partial charge in [0.15, 0.2) is 0 Å². The molecular formula is C8H14N2O2. The van der Waals surface area contributed by atoms with E-state index in [1.807, 2.05) is 6.07 Å². The summed E-state index contributed by atoms with van der Waals surface area (Å²) in [6, 6.07) is 1.82. The molecule has 1 amide bonds. The summed E-state index contributed by atoms with van der Waals surface area (Å²) in [6.07, 6.45) is 0. The first-order valence-electron chi connectivity index (χ1n) is 3.75. The van der Waals surface area contributed by atoms with Gasteiger partial charge in [-0.05, 0) is 20.8 Å². The predicted molar refractivity (Wildman–Crippen MR) is 44.1 cm³/mol. The number of aliphatic hydroxyl groups excluding tert-OH is 1. The van der Waals surface area contributed by atoms with E-state index in [0.717, 1.165) is 0 Å². The van der Waals surface area contributed by atoms with Crippen LogP contribution in [0.15, 0.2) is 0 Å². The van der Waals surface area contributed by atoms with Crippen LogP contribution in [0.4, 0.5) is 0 Å². The number of amides is 1. The van der Waals surface area contributed by atoms with Crippen LogP contribution in [0.3, 0.4) is 0 Å². The number of carbonyl (C=O) groups is 1. The Morgan fingerprint density at radius 3 is 2.58 bits per heavy atom. The molecule has 0 radical (unpaired) electrons. The van der Waals surface area contributed by atoms with Crippen molar-refractivity contribution >= 4 is 5.91 Å². The van der Waals surface area contributed by atoms with Gasteiger partial charge in [-0.3, -0.25) is 4.79 Å². The average Bonchev–Trinajstić information content (AvgIpc) is 2.02. The number of hydrogen-bond donors (Lipinski definition) is 2. The summed E-state index contributed by atoms with van der Waals surface area (Å²) in [5.41, 5.74) is -0.651. The normalized spacial score (nSPS) is 13.2. The van der Waals surface area contributed by atoms with Crippen LogP contribution < -0.4 is 5.32 Å². The molecule has 68 valence electrons. The molecule has 4 nitrogen and oxygen atoms in total. The van der Waals surface area contributed by atoms with Crippen molar-refractivity contribution in [1.29, 1.82) is 5.26 Å². The highest BCUT2D eigenvalue weighted by Crippen LogP contribution is 2.02. The molecule has 0 aliphatic rings. The molecule has 0 aromatic rings. The lowest BCUT2D eigenvalue weighted by atomic mass is 10.1. The Bertz CT molecular complexity index is 206. The molecule has 0 rings (SSSR count). The first-order valence-corrected chi connectivity index (χ1v) is 3.75. The van der Waals surface area contributed by atoms with Gasteiger partial charge in [0.1, 0.15) is 5.92 Å². The van der Waals surface area contributed by atoms with E-state index in [-0.39, 0.29) is 12.5 Å².